The van der Waals surface area contributed by atoms with E-state index in [0.717, 1.165) is 32.3 Å². The molecule has 0 aromatic carbocycles. The Balaban J connectivity index is 2.19. The van der Waals surface area contributed by atoms with Crippen molar-refractivity contribution in [1.29, 1.82) is 0 Å². The zero-order valence-corrected chi connectivity index (χ0v) is 12.0. The molecule has 1 amide bonds. The molecular weight excluding hydrogens is 228 g/mol. The lowest BCUT2D eigenvalue weighted by Crippen LogP contribution is -2.53. The number of hydrogen-bond acceptors (Lipinski definition) is 3. The molecule has 1 aliphatic carbocycles. The zero-order valence-electron chi connectivity index (χ0n) is 12.0. The van der Waals surface area contributed by atoms with Gasteiger partial charge in [-0.25, -0.2) is 0 Å². The van der Waals surface area contributed by atoms with Crippen LogP contribution < -0.4 is 11.1 Å². The normalized spacial score (nSPS) is 20.4. The fourth-order valence-corrected chi connectivity index (χ4v) is 1.93. The average Bonchev–Trinajstić information content (AvgIpc) is 3.11. The summed E-state index contributed by atoms with van der Waals surface area (Å²) in [5, 5.41) is 3.36. The van der Waals surface area contributed by atoms with Gasteiger partial charge < -0.3 is 15.8 Å². The molecule has 1 fully saturated rings. The molecule has 4 heteroatoms. The summed E-state index contributed by atoms with van der Waals surface area (Å²) in [7, 11) is 0. The summed E-state index contributed by atoms with van der Waals surface area (Å²) in [6, 6.07) is 0.499. The number of amides is 1. The molecule has 106 valence electrons. The third kappa shape index (κ3) is 5.36. The van der Waals surface area contributed by atoms with Crippen LogP contribution in [-0.2, 0) is 9.53 Å². The van der Waals surface area contributed by atoms with Crippen molar-refractivity contribution in [3.05, 3.63) is 0 Å². The molecule has 1 aliphatic rings. The van der Waals surface area contributed by atoms with Crippen LogP contribution in [0.1, 0.15) is 59.3 Å². The zero-order chi connectivity index (χ0) is 13.6. The lowest BCUT2D eigenvalue weighted by atomic mass is 9.94. The van der Waals surface area contributed by atoms with E-state index in [-0.39, 0.29) is 5.91 Å². The van der Waals surface area contributed by atoms with Crippen LogP contribution in [0.2, 0.25) is 0 Å². The molecule has 0 aromatic rings. The molecule has 3 N–H and O–H groups in total. The Morgan fingerprint density at radius 3 is 2.67 bits per heavy atom. The highest BCUT2D eigenvalue weighted by molar-refractivity contribution is 5.84. The number of nitrogens with one attached hydrogen (secondary N) is 1. The maximum Gasteiger partial charge on any atom is 0.237 e. The van der Waals surface area contributed by atoms with Gasteiger partial charge in [0.1, 0.15) is 0 Å². The second-order valence-corrected chi connectivity index (χ2v) is 5.66. The van der Waals surface area contributed by atoms with E-state index in [9.17, 15) is 4.79 Å². The van der Waals surface area contributed by atoms with Gasteiger partial charge in [-0.05, 0) is 52.4 Å². The van der Waals surface area contributed by atoms with Crippen LogP contribution in [0.3, 0.4) is 0 Å². The van der Waals surface area contributed by atoms with Crippen molar-refractivity contribution < 1.29 is 9.53 Å². The van der Waals surface area contributed by atoms with Crippen LogP contribution >= 0.6 is 0 Å². The van der Waals surface area contributed by atoms with Crippen molar-refractivity contribution in [2.45, 2.75) is 77.0 Å². The summed E-state index contributed by atoms with van der Waals surface area (Å²) < 4.78 is 5.62. The van der Waals surface area contributed by atoms with E-state index in [2.05, 4.69) is 19.2 Å². The third-order valence-electron chi connectivity index (χ3n) is 3.69. The summed E-state index contributed by atoms with van der Waals surface area (Å²) >= 11 is 0. The van der Waals surface area contributed by atoms with E-state index >= 15 is 0 Å². The molecule has 2 unspecified atom stereocenters. The number of hydrogen-bond donors (Lipinski definition) is 2. The van der Waals surface area contributed by atoms with Crippen LogP contribution in [0.4, 0.5) is 0 Å². The molecule has 1 rings (SSSR count). The Labute approximate surface area is 111 Å². The predicted octanol–water partition coefficient (Wildman–Crippen LogP) is 1.97. The smallest absolute Gasteiger partial charge is 0.237 e. The Bertz CT molecular complexity index is 267. The fourth-order valence-electron chi connectivity index (χ4n) is 1.93. The van der Waals surface area contributed by atoms with Crippen molar-refractivity contribution in [2.24, 2.45) is 5.73 Å². The number of carbonyl (C=O) groups is 1. The lowest BCUT2D eigenvalue weighted by molar-refractivity contribution is -0.124. The van der Waals surface area contributed by atoms with Gasteiger partial charge in [-0.15, -0.1) is 0 Å². The molecule has 4 nitrogen and oxygen atoms in total. The van der Waals surface area contributed by atoms with Gasteiger partial charge in [-0.2, -0.15) is 0 Å². The number of rotatable bonds is 10. The van der Waals surface area contributed by atoms with Gasteiger partial charge >= 0.3 is 0 Å². The Morgan fingerprint density at radius 2 is 2.17 bits per heavy atom. The van der Waals surface area contributed by atoms with Crippen LogP contribution in [0.25, 0.3) is 0 Å². The van der Waals surface area contributed by atoms with Crippen molar-refractivity contribution in [1.82, 2.24) is 5.32 Å². The molecule has 0 heterocycles. The van der Waals surface area contributed by atoms with E-state index in [1.807, 2.05) is 6.92 Å². The third-order valence-corrected chi connectivity index (χ3v) is 3.69. The number of nitrogens with two attached hydrogens (primary N) is 1. The van der Waals surface area contributed by atoms with Crippen LogP contribution in [-0.4, -0.2) is 30.2 Å². The number of carbonyl (C=O) groups excluding carboxylic acids is 1. The molecule has 2 atom stereocenters. The first-order chi connectivity index (χ1) is 8.48. The standard InChI is InChI=1S/C14H28N2O2/c1-4-11(2)18-10-6-5-9-14(3,13(15)17)16-12-7-8-12/h11-12,16H,4-10H2,1-3H3,(H2,15,17). The molecule has 18 heavy (non-hydrogen) atoms. The van der Waals surface area contributed by atoms with Gasteiger partial charge in [-0.1, -0.05) is 6.92 Å². The van der Waals surface area contributed by atoms with Gasteiger partial charge in [0.05, 0.1) is 11.6 Å². The highest BCUT2D eigenvalue weighted by Crippen LogP contribution is 2.25. The maximum atomic E-state index is 11.5. The van der Waals surface area contributed by atoms with Crippen LogP contribution in [0, 0.1) is 0 Å². The molecule has 0 saturated heterocycles. The second-order valence-electron chi connectivity index (χ2n) is 5.66. The first-order valence-corrected chi connectivity index (χ1v) is 7.17. The van der Waals surface area contributed by atoms with E-state index in [0.29, 0.717) is 12.1 Å². The largest absolute Gasteiger partial charge is 0.379 e. The molecule has 1 saturated carbocycles. The quantitative estimate of drug-likeness (QED) is 0.587. The highest BCUT2D eigenvalue weighted by Gasteiger charge is 2.36. The summed E-state index contributed by atoms with van der Waals surface area (Å²) in [6.07, 6.45) is 6.46. The monoisotopic (exact) mass is 256 g/mol. The summed E-state index contributed by atoms with van der Waals surface area (Å²) in [5.41, 5.74) is 4.95. The fraction of sp³-hybridized carbons (Fsp3) is 0.929. The van der Waals surface area contributed by atoms with E-state index in [1.165, 1.54) is 12.8 Å². The average molecular weight is 256 g/mol. The highest BCUT2D eigenvalue weighted by atomic mass is 16.5. The predicted molar refractivity (Wildman–Crippen MR) is 73.3 cm³/mol. The molecule has 0 aliphatic heterocycles. The Kier molecular flexibility index (Phi) is 6.09. The minimum Gasteiger partial charge on any atom is -0.379 e. The molecule has 0 bridgehead atoms. The number of ether oxygens (including phenoxy) is 1. The number of primary amides is 1. The number of unbranched alkanes of at least 4 members (excludes halogenated alkanes) is 1. The van der Waals surface area contributed by atoms with Crippen molar-refractivity contribution in [3.8, 4) is 0 Å². The molecule has 0 aromatic heterocycles. The summed E-state index contributed by atoms with van der Waals surface area (Å²) in [5.74, 6) is -0.239. The van der Waals surface area contributed by atoms with Gasteiger partial charge in [-0.3, -0.25) is 4.79 Å². The van der Waals surface area contributed by atoms with E-state index in [1.54, 1.807) is 0 Å². The van der Waals surface area contributed by atoms with Crippen LogP contribution in [0.5, 0.6) is 0 Å². The van der Waals surface area contributed by atoms with E-state index < -0.39 is 5.54 Å². The minimum absolute atomic E-state index is 0.239. The first-order valence-electron chi connectivity index (χ1n) is 7.17. The van der Waals surface area contributed by atoms with Gasteiger partial charge in [0.25, 0.3) is 0 Å². The lowest BCUT2D eigenvalue weighted by Gasteiger charge is -2.27. The van der Waals surface area contributed by atoms with Crippen molar-refractivity contribution in [2.75, 3.05) is 6.61 Å². The van der Waals surface area contributed by atoms with Crippen molar-refractivity contribution >= 4 is 5.91 Å². The van der Waals surface area contributed by atoms with Crippen molar-refractivity contribution in [3.63, 3.8) is 0 Å². The van der Waals surface area contributed by atoms with Gasteiger partial charge in [0.2, 0.25) is 5.91 Å². The van der Waals surface area contributed by atoms with Gasteiger partial charge in [0.15, 0.2) is 0 Å². The topological polar surface area (TPSA) is 64.3 Å². The SMILES string of the molecule is CCC(C)OCCCCC(C)(NC1CC1)C(N)=O. The Morgan fingerprint density at radius 1 is 1.50 bits per heavy atom. The second kappa shape index (κ2) is 7.10. The summed E-state index contributed by atoms with van der Waals surface area (Å²) in [4.78, 5) is 11.5. The van der Waals surface area contributed by atoms with E-state index in [4.69, 9.17) is 10.5 Å². The summed E-state index contributed by atoms with van der Waals surface area (Å²) in [6.45, 7) is 6.90. The minimum atomic E-state index is -0.544. The Hall–Kier alpha value is -0.610. The maximum absolute atomic E-state index is 11.5. The van der Waals surface area contributed by atoms with Gasteiger partial charge in [0, 0.05) is 12.6 Å². The van der Waals surface area contributed by atoms with Crippen LogP contribution in [0.15, 0.2) is 0 Å². The molecular formula is C14H28N2O2. The first kappa shape index (κ1) is 15.4. The molecule has 0 spiro atoms. The molecule has 0 radical (unpaired) electrons.